The second-order valence-corrected chi connectivity index (χ2v) is 11.8. The first kappa shape index (κ1) is 35.3. The molecule has 0 spiro atoms. The lowest BCUT2D eigenvalue weighted by molar-refractivity contribution is -0.132. The van der Waals surface area contributed by atoms with Crippen LogP contribution in [0, 0.1) is 11.3 Å². The van der Waals surface area contributed by atoms with Gasteiger partial charge in [0, 0.05) is 17.0 Å². The lowest BCUT2D eigenvalue weighted by atomic mass is 10.1. The van der Waals surface area contributed by atoms with Gasteiger partial charge in [0.1, 0.15) is 18.4 Å². The van der Waals surface area contributed by atoms with Crippen LogP contribution in [0.15, 0.2) is 94.5 Å². The largest absolute Gasteiger partial charge is 0.490 e. The predicted molar refractivity (Wildman–Crippen MR) is 185 cm³/mol. The maximum Gasteiger partial charge on any atom is 0.262 e. The van der Waals surface area contributed by atoms with Gasteiger partial charge in [-0.3, -0.25) is 9.59 Å². The molecular weight excluding hydrogens is 707 g/mol. The molecule has 0 bridgehead atoms. The summed E-state index contributed by atoms with van der Waals surface area (Å²) in [5.74, 6) is 0.147. The zero-order valence-corrected chi connectivity index (χ0v) is 28.6. The molecule has 0 aromatic heterocycles. The minimum Gasteiger partial charge on any atom is -0.490 e. The van der Waals surface area contributed by atoms with E-state index in [1.807, 2.05) is 49.4 Å². The van der Waals surface area contributed by atoms with E-state index < -0.39 is 24.0 Å². The zero-order valence-electron chi connectivity index (χ0n) is 25.5. The molecule has 0 aliphatic carbocycles. The van der Waals surface area contributed by atoms with Crippen LogP contribution in [0.5, 0.6) is 17.2 Å². The average Bonchev–Trinajstić information content (AvgIpc) is 3.06. The molecule has 4 aromatic rings. The molecule has 0 saturated heterocycles. The average molecular weight is 738 g/mol. The summed E-state index contributed by atoms with van der Waals surface area (Å²) in [6, 6.07) is 25.8. The maximum atomic E-state index is 13.3. The lowest BCUT2D eigenvalue weighted by Crippen LogP contribution is -2.50. The third-order valence-corrected chi connectivity index (χ3v) is 7.83. The number of carbonyl (C=O) groups is 2. The van der Waals surface area contributed by atoms with Crippen LogP contribution in [0.4, 0.5) is 0 Å². The van der Waals surface area contributed by atoms with Crippen molar-refractivity contribution in [3.8, 4) is 23.3 Å². The summed E-state index contributed by atoms with van der Waals surface area (Å²) in [7, 11) is 0. The SMILES string of the molecule is CCOc1cc(/C=N\NC(=O)[C@H](Cc2ccccc2)NC(=O)[C@H](C)Oc2ccc(Cl)cc2Cl)cc(Br)c1OCc1ccccc1C#N. The molecule has 0 fully saturated rings. The topological polar surface area (TPSA) is 122 Å². The predicted octanol–water partition coefficient (Wildman–Crippen LogP) is 7.25. The molecule has 0 radical (unpaired) electrons. The summed E-state index contributed by atoms with van der Waals surface area (Å²) >= 11 is 15.7. The van der Waals surface area contributed by atoms with Gasteiger partial charge >= 0.3 is 0 Å². The van der Waals surface area contributed by atoms with Crippen LogP contribution >= 0.6 is 39.1 Å². The standard InChI is InChI=1S/C35H31BrCl2N4O5/c1-3-45-32-17-24(15-28(36)33(32)46-21-26-12-8-7-11-25(26)19-39)20-40-42-35(44)30(16-23-9-5-4-6-10-23)41-34(43)22(2)47-31-14-13-27(37)18-29(31)38/h4-15,17-18,20,22,30H,3,16,21H2,1-2H3,(H,41,43)(H,42,44)/b40-20-/t22-,30-/m0/s1. The number of ether oxygens (including phenoxy) is 3. The van der Waals surface area contributed by atoms with Crippen LogP contribution in [0.25, 0.3) is 0 Å². The number of rotatable bonds is 14. The van der Waals surface area contributed by atoms with Crippen molar-refractivity contribution in [3.05, 3.63) is 122 Å². The number of nitriles is 1. The number of benzene rings is 4. The van der Waals surface area contributed by atoms with E-state index in [2.05, 4.69) is 37.8 Å². The van der Waals surface area contributed by atoms with Crippen molar-refractivity contribution in [2.75, 3.05) is 6.61 Å². The molecule has 2 atom stereocenters. The van der Waals surface area contributed by atoms with Gasteiger partial charge in [0.2, 0.25) is 0 Å². The van der Waals surface area contributed by atoms with Crippen LogP contribution in [0.1, 0.15) is 36.1 Å². The number of nitrogens with zero attached hydrogens (tertiary/aromatic N) is 2. The van der Waals surface area contributed by atoms with Gasteiger partial charge in [0.05, 0.1) is 33.9 Å². The van der Waals surface area contributed by atoms with Gasteiger partial charge in [-0.15, -0.1) is 0 Å². The van der Waals surface area contributed by atoms with E-state index in [9.17, 15) is 14.9 Å². The van der Waals surface area contributed by atoms with Crippen LogP contribution in [0.2, 0.25) is 10.0 Å². The summed E-state index contributed by atoms with van der Waals surface area (Å²) in [6.45, 7) is 3.94. The van der Waals surface area contributed by atoms with Crippen LogP contribution in [0.3, 0.4) is 0 Å². The Morgan fingerprint density at radius 1 is 0.979 bits per heavy atom. The zero-order chi connectivity index (χ0) is 33.8. The Morgan fingerprint density at radius 3 is 2.45 bits per heavy atom. The number of halogens is 3. The molecule has 242 valence electrons. The third-order valence-electron chi connectivity index (χ3n) is 6.71. The number of hydrogen-bond acceptors (Lipinski definition) is 7. The highest BCUT2D eigenvalue weighted by Gasteiger charge is 2.25. The van der Waals surface area contributed by atoms with Gasteiger partial charge in [-0.2, -0.15) is 10.4 Å². The highest BCUT2D eigenvalue weighted by Crippen LogP contribution is 2.37. The summed E-state index contributed by atoms with van der Waals surface area (Å²) in [5, 5.41) is 17.0. The Kier molecular flexibility index (Phi) is 13.1. The molecular formula is C35H31BrCl2N4O5. The number of nitrogens with one attached hydrogen (secondary N) is 2. The molecule has 2 N–H and O–H groups in total. The normalized spacial score (nSPS) is 12.1. The Labute approximate surface area is 291 Å². The fourth-order valence-corrected chi connectivity index (χ4v) is 5.41. The van der Waals surface area contributed by atoms with E-state index in [1.54, 1.807) is 43.3 Å². The minimum atomic E-state index is -0.966. The van der Waals surface area contributed by atoms with E-state index in [4.69, 9.17) is 37.4 Å². The van der Waals surface area contributed by atoms with E-state index in [1.165, 1.54) is 12.3 Å². The summed E-state index contributed by atoms with van der Waals surface area (Å²) in [4.78, 5) is 26.4. The van der Waals surface area contributed by atoms with Crippen molar-refractivity contribution in [3.63, 3.8) is 0 Å². The Bertz CT molecular complexity index is 1780. The lowest BCUT2D eigenvalue weighted by Gasteiger charge is -2.21. The van der Waals surface area contributed by atoms with Crippen molar-refractivity contribution < 1.29 is 23.8 Å². The first-order valence-corrected chi connectivity index (χ1v) is 16.1. The van der Waals surface area contributed by atoms with Crippen molar-refractivity contribution in [1.82, 2.24) is 10.7 Å². The van der Waals surface area contributed by atoms with Crippen LogP contribution in [-0.4, -0.2) is 36.8 Å². The number of amides is 2. The van der Waals surface area contributed by atoms with Gasteiger partial charge in [0.15, 0.2) is 17.6 Å². The molecule has 2 amide bonds. The summed E-state index contributed by atoms with van der Waals surface area (Å²) in [6.07, 6.45) is 0.700. The van der Waals surface area contributed by atoms with E-state index in [0.717, 1.165) is 11.1 Å². The van der Waals surface area contributed by atoms with Crippen molar-refractivity contribution in [2.45, 2.75) is 39.0 Å². The van der Waals surface area contributed by atoms with E-state index in [0.29, 0.717) is 38.7 Å². The minimum absolute atomic E-state index is 0.164. The van der Waals surface area contributed by atoms with Crippen molar-refractivity contribution in [2.24, 2.45) is 5.10 Å². The Morgan fingerprint density at radius 2 is 1.72 bits per heavy atom. The highest BCUT2D eigenvalue weighted by atomic mass is 79.9. The molecule has 47 heavy (non-hydrogen) atoms. The second-order valence-electron chi connectivity index (χ2n) is 10.1. The number of carbonyl (C=O) groups excluding carboxylic acids is 2. The van der Waals surface area contributed by atoms with Gasteiger partial charge in [-0.1, -0.05) is 71.7 Å². The van der Waals surface area contributed by atoms with Crippen molar-refractivity contribution >= 4 is 57.2 Å². The molecule has 4 aromatic carbocycles. The molecule has 0 saturated carbocycles. The Balaban J connectivity index is 1.46. The summed E-state index contributed by atoms with van der Waals surface area (Å²) in [5.41, 5.74) is 5.24. The third kappa shape index (κ3) is 10.2. The molecule has 12 heteroatoms. The van der Waals surface area contributed by atoms with Crippen LogP contribution < -0.4 is 25.0 Å². The number of hydrogen-bond donors (Lipinski definition) is 2. The second kappa shape index (κ2) is 17.4. The maximum absolute atomic E-state index is 13.3. The van der Waals surface area contributed by atoms with Gasteiger partial charge in [0.25, 0.3) is 11.8 Å². The molecule has 4 rings (SSSR count). The van der Waals surface area contributed by atoms with Gasteiger partial charge < -0.3 is 19.5 Å². The first-order valence-electron chi connectivity index (χ1n) is 14.5. The van der Waals surface area contributed by atoms with E-state index in [-0.39, 0.29) is 23.8 Å². The molecule has 0 heterocycles. The molecule has 0 aliphatic rings. The molecule has 0 aliphatic heterocycles. The Hall–Kier alpha value is -4.56. The van der Waals surface area contributed by atoms with Crippen LogP contribution in [-0.2, 0) is 22.6 Å². The molecule has 0 unspecified atom stereocenters. The van der Waals surface area contributed by atoms with Gasteiger partial charge in [-0.05, 0) is 77.3 Å². The molecule has 9 nitrogen and oxygen atoms in total. The highest BCUT2D eigenvalue weighted by molar-refractivity contribution is 9.10. The fourth-order valence-electron chi connectivity index (χ4n) is 4.38. The summed E-state index contributed by atoms with van der Waals surface area (Å²) < 4.78 is 18.2. The monoisotopic (exact) mass is 736 g/mol. The van der Waals surface area contributed by atoms with Gasteiger partial charge in [-0.25, -0.2) is 5.43 Å². The van der Waals surface area contributed by atoms with Crippen molar-refractivity contribution in [1.29, 1.82) is 5.26 Å². The van der Waals surface area contributed by atoms with E-state index >= 15 is 0 Å². The number of hydrazone groups is 1. The fraction of sp³-hybridized carbons (Fsp3) is 0.200. The smallest absolute Gasteiger partial charge is 0.262 e. The quantitative estimate of drug-likeness (QED) is 0.104. The first-order chi connectivity index (χ1) is 22.7.